The lowest BCUT2D eigenvalue weighted by molar-refractivity contribution is 0.0120. The van der Waals surface area contributed by atoms with Gasteiger partial charge in [0.2, 0.25) is 0 Å². The van der Waals surface area contributed by atoms with Crippen LogP contribution in [0.1, 0.15) is 12.5 Å². The van der Waals surface area contributed by atoms with Crippen molar-refractivity contribution < 1.29 is 18.8 Å². The number of fused-ring (bicyclic) bond motifs is 1. The van der Waals surface area contributed by atoms with Crippen LogP contribution in [0.3, 0.4) is 0 Å². The van der Waals surface area contributed by atoms with Gasteiger partial charge < -0.3 is 19.7 Å². The van der Waals surface area contributed by atoms with Gasteiger partial charge in [0.15, 0.2) is 5.58 Å². The van der Waals surface area contributed by atoms with E-state index in [1.54, 1.807) is 36.5 Å². The van der Waals surface area contributed by atoms with Crippen LogP contribution < -0.4 is 10.1 Å². The highest BCUT2D eigenvalue weighted by atomic mass is 32.1. The second-order valence-electron chi connectivity index (χ2n) is 7.15. The minimum atomic E-state index is -1.11. The summed E-state index contributed by atoms with van der Waals surface area (Å²) in [6.07, 6.45) is 0. The van der Waals surface area contributed by atoms with Gasteiger partial charge in [-0.1, -0.05) is 35.5 Å². The van der Waals surface area contributed by atoms with Crippen LogP contribution >= 0.6 is 11.3 Å². The van der Waals surface area contributed by atoms with Crippen molar-refractivity contribution in [1.82, 2.24) is 10.5 Å². The highest BCUT2D eigenvalue weighted by Crippen LogP contribution is 2.33. The molecule has 0 aliphatic rings. The molecule has 0 amide bonds. The van der Waals surface area contributed by atoms with Crippen LogP contribution in [0.15, 0.2) is 64.5 Å². The Balaban J connectivity index is 1.36. The monoisotopic (exact) mass is 412 g/mol. The highest BCUT2D eigenvalue weighted by Gasteiger charge is 2.21. The summed E-state index contributed by atoms with van der Waals surface area (Å²) in [4.78, 5) is 0. The minimum absolute atomic E-state index is 0.0912. The summed E-state index contributed by atoms with van der Waals surface area (Å²) in [7, 11) is 0. The zero-order chi connectivity index (χ0) is 20.3. The van der Waals surface area contributed by atoms with E-state index in [4.69, 9.17) is 9.26 Å². The number of ether oxygens (including phenoxy) is 1. The molecule has 2 N–H and O–H groups in total. The van der Waals surface area contributed by atoms with Crippen molar-refractivity contribution >= 4 is 21.6 Å². The van der Waals surface area contributed by atoms with E-state index in [0.717, 1.165) is 21.5 Å². The van der Waals surface area contributed by atoms with E-state index in [1.165, 1.54) is 6.07 Å². The molecule has 0 fully saturated rings. The van der Waals surface area contributed by atoms with Gasteiger partial charge in [-0.25, -0.2) is 4.39 Å². The number of hydrogen-bond donors (Lipinski definition) is 2. The van der Waals surface area contributed by atoms with Gasteiger partial charge in [-0.15, -0.1) is 11.3 Å². The number of aliphatic hydroxyl groups is 1. The van der Waals surface area contributed by atoms with Gasteiger partial charge in [-0.05, 0) is 36.6 Å². The van der Waals surface area contributed by atoms with Gasteiger partial charge in [0.05, 0.1) is 0 Å². The normalized spacial score (nSPS) is 13.5. The van der Waals surface area contributed by atoms with Crippen molar-refractivity contribution in [3.05, 3.63) is 71.4 Å². The first-order valence-electron chi connectivity index (χ1n) is 9.24. The molecule has 0 saturated heterocycles. The molecule has 4 aromatic rings. The standard InChI is InChI=1S/C22H21FN2O3S/c1-22(26,13-24-12-16-5-2-3-8-18(16)23)14-27-17-7-4-6-15(11-17)20-21-19(28-25-20)9-10-29-21/h2-11,24,26H,12-14H2,1H3/t22-/m1/s1. The van der Waals surface area contributed by atoms with Crippen LogP contribution in [0, 0.1) is 5.82 Å². The molecule has 0 aliphatic carbocycles. The fraction of sp³-hybridized carbons (Fsp3) is 0.227. The van der Waals surface area contributed by atoms with Gasteiger partial charge >= 0.3 is 0 Å². The van der Waals surface area contributed by atoms with Crippen molar-refractivity contribution in [3.8, 4) is 17.0 Å². The first kappa shape index (κ1) is 19.6. The van der Waals surface area contributed by atoms with Gasteiger partial charge in [0.25, 0.3) is 0 Å². The predicted octanol–water partition coefficient (Wildman–Crippen LogP) is 4.62. The molecular formula is C22H21FN2O3S. The number of halogens is 1. The van der Waals surface area contributed by atoms with Crippen molar-refractivity contribution in [2.75, 3.05) is 13.2 Å². The third-order valence-electron chi connectivity index (χ3n) is 4.52. The number of benzene rings is 2. The Morgan fingerprint density at radius 2 is 2.07 bits per heavy atom. The summed E-state index contributed by atoms with van der Waals surface area (Å²) < 4.78 is 25.8. The summed E-state index contributed by atoms with van der Waals surface area (Å²) in [5.74, 6) is 0.366. The molecule has 2 aromatic carbocycles. The molecule has 0 radical (unpaired) electrons. The van der Waals surface area contributed by atoms with E-state index in [0.29, 0.717) is 17.9 Å². The van der Waals surface area contributed by atoms with E-state index < -0.39 is 5.60 Å². The lowest BCUT2D eigenvalue weighted by Gasteiger charge is -2.24. The van der Waals surface area contributed by atoms with Crippen LogP contribution in [0.25, 0.3) is 21.5 Å². The van der Waals surface area contributed by atoms with Crippen LogP contribution in [0.2, 0.25) is 0 Å². The molecule has 0 saturated carbocycles. The summed E-state index contributed by atoms with van der Waals surface area (Å²) in [5.41, 5.74) is 1.88. The molecule has 2 aromatic heterocycles. The predicted molar refractivity (Wildman–Crippen MR) is 112 cm³/mol. The van der Waals surface area contributed by atoms with E-state index in [9.17, 15) is 9.50 Å². The SMILES string of the molecule is C[C@@](O)(CNCc1ccccc1F)COc1cccc(-c2noc3ccsc23)c1. The van der Waals surface area contributed by atoms with Gasteiger partial charge in [-0.3, -0.25) is 0 Å². The summed E-state index contributed by atoms with van der Waals surface area (Å²) in [5, 5.41) is 19.8. The Morgan fingerprint density at radius 1 is 1.21 bits per heavy atom. The quantitative estimate of drug-likeness (QED) is 0.442. The maximum Gasteiger partial charge on any atom is 0.178 e. The van der Waals surface area contributed by atoms with Crippen LogP contribution in [0.4, 0.5) is 4.39 Å². The van der Waals surface area contributed by atoms with Crippen molar-refractivity contribution in [1.29, 1.82) is 0 Å². The average molecular weight is 412 g/mol. The van der Waals surface area contributed by atoms with E-state index >= 15 is 0 Å². The second-order valence-corrected chi connectivity index (χ2v) is 8.07. The summed E-state index contributed by atoms with van der Waals surface area (Å²) >= 11 is 1.58. The third kappa shape index (κ3) is 4.64. The Hall–Kier alpha value is -2.74. The smallest absolute Gasteiger partial charge is 0.178 e. The Morgan fingerprint density at radius 3 is 2.93 bits per heavy atom. The zero-order valence-electron chi connectivity index (χ0n) is 15.9. The highest BCUT2D eigenvalue weighted by molar-refractivity contribution is 7.17. The van der Waals surface area contributed by atoms with E-state index in [2.05, 4.69) is 10.5 Å². The molecule has 150 valence electrons. The largest absolute Gasteiger partial charge is 0.491 e. The molecule has 5 nitrogen and oxygen atoms in total. The summed E-state index contributed by atoms with van der Waals surface area (Å²) in [6.45, 7) is 2.37. The lowest BCUT2D eigenvalue weighted by Crippen LogP contribution is -2.42. The molecule has 0 aliphatic heterocycles. The number of nitrogens with one attached hydrogen (secondary N) is 1. The second kappa shape index (κ2) is 8.32. The van der Waals surface area contributed by atoms with Gasteiger partial charge in [0, 0.05) is 24.2 Å². The first-order chi connectivity index (χ1) is 14.0. The van der Waals surface area contributed by atoms with Crippen molar-refractivity contribution in [2.24, 2.45) is 0 Å². The Bertz CT molecular complexity index is 1110. The maximum atomic E-state index is 13.7. The molecule has 0 bridgehead atoms. The molecule has 29 heavy (non-hydrogen) atoms. The van der Waals surface area contributed by atoms with Gasteiger partial charge in [0.1, 0.15) is 34.2 Å². The summed E-state index contributed by atoms with van der Waals surface area (Å²) in [6, 6.07) is 16.0. The maximum absolute atomic E-state index is 13.7. The number of aromatic nitrogens is 1. The van der Waals surface area contributed by atoms with Crippen LogP contribution in [0.5, 0.6) is 5.75 Å². The number of hydrogen-bond acceptors (Lipinski definition) is 6. The van der Waals surface area contributed by atoms with Crippen LogP contribution in [-0.4, -0.2) is 29.0 Å². The Kier molecular flexibility index (Phi) is 5.62. The molecule has 7 heteroatoms. The van der Waals surface area contributed by atoms with Crippen molar-refractivity contribution in [2.45, 2.75) is 19.1 Å². The first-order valence-corrected chi connectivity index (χ1v) is 10.1. The number of thiophene rings is 1. The Labute approximate surface area is 171 Å². The van der Waals surface area contributed by atoms with Gasteiger partial charge in [-0.2, -0.15) is 0 Å². The molecule has 1 atom stereocenters. The van der Waals surface area contributed by atoms with Crippen LogP contribution in [-0.2, 0) is 6.54 Å². The molecule has 4 rings (SSSR count). The fourth-order valence-corrected chi connectivity index (χ4v) is 3.81. The lowest BCUT2D eigenvalue weighted by atomic mass is 10.1. The topological polar surface area (TPSA) is 67.5 Å². The molecule has 2 heterocycles. The molecule has 0 unspecified atom stereocenters. The van der Waals surface area contributed by atoms with E-state index in [1.807, 2.05) is 35.7 Å². The average Bonchev–Trinajstić information content (AvgIpc) is 3.32. The fourth-order valence-electron chi connectivity index (χ4n) is 2.99. The van der Waals surface area contributed by atoms with E-state index in [-0.39, 0.29) is 19.0 Å². The third-order valence-corrected chi connectivity index (χ3v) is 5.42. The molecular weight excluding hydrogens is 391 g/mol. The van der Waals surface area contributed by atoms with Crippen molar-refractivity contribution in [3.63, 3.8) is 0 Å². The number of rotatable bonds is 8. The molecule has 0 spiro atoms. The minimum Gasteiger partial charge on any atom is -0.491 e. The zero-order valence-corrected chi connectivity index (χ0v) is 16.7. The number of nitrogens with zero attached hydrogens (tertiary/aromatic N) is 1.